The summed E-state index contributed by atoms with van der Waals surface area (Å²) in [5, 5.41) is 9.40. The van der Waals surface area contributed by atoms with Crippen molar-refractivity contribution >= 4 is 0 Å². The molecule has 1 heteroatoms. The quantitative estimate of drug-likeness (QED) is 0.625. The molecule has 0 saturated carbocycles. The Morgan fingerprint density at radius 1 is 1.50 bits per heavy atom. The molecule has 1 N–H and O–H groups in total. The lowest BCUT2D eigenvalue weighted by Crippen LogP contribution is -2.05. The Labute approximate surface area is 75.8 Å². The molecule has 0 saturated heterocycles. The van der Waals surface area contributed by atoms with Gasteiger partial charge in [0.05, 0.1) is 6.10 Å². The van der Waals surface area contributed by atoms with E-state index in [1.54, 1.807) is 0 Å². The maximum Gasteiger partial charge on any atom is 0.0744 e. The van der Waals surface area contributed by atoms with Crippen LogP contribution in [-0.4, -0.2) is 11.2 Å². The van der Waals surface area contributed by atoms with Gasteiger partial charge in [-0.05, 0) is 38.7 Å². The van der Waals surface area contributed by atoms with Crippen LogP contribution in [0.25, 0.3) is 0 Å². The summed E-state index contributed by atoms with van der Waals surface area (Å²) < 4.78 is 0. The molecule has 0 aromatic heterocycles. The van der Waals surface area contributed by atoms with Gasteiger partial charge in [0.1, 0.15) is 0 Å². The fourth-order valence-electron chi connectivity index (χ4n) is 1.00. The Kier molecular flexibility index (Phi) is 5.73. The maximum absolute atomic E-state index is 9.40. The summed E-state index contributed by atoms with van der Waals surface area (Å²) in [5.41, 5.74) is 2.28. The highest BCUT2D eigenvalue weighted by Crippen LogP contribution is 2.09. The van der Waals surface area contributed by atoms with Crippen molar-refractivity contribution in [1.82, 2.24) is 0 Å². The van der Waals surface area contributed by atoms with Gasteiger partial charge in [0.15, 0.2) is 0 Å². The topological polar surface area (TPSA) is 20.2 Å². The molecule has 0 spiro atoms. The average Bonchev–Trinajstić information content (AvgIpc) is 2.02. The zero-order valence-corrected chi connectivity index (χ0v) is 8.43. The van der Waals surface area contributed by atoms with Crippen LogP contribution in [0.2, 0.25) is 0 Å². The Bertz CT molecular complexity index is 168. The second-order valence-corrected chi connectivity index (χ2v) is 3.37. The number of aliphatic hydroxyl groups is 1. The molecule has 1 unspecified atom stereocenters. The van der Waals surface area contributed by atoms with Crippen LogP contribution in [0.15, 0.2) is 23.8 Å². The average molecular weight is 168 g/mol. The zero-order valence-electron chi connectivity index (χ0n) is 8.43. The Morgan fingerprint density at radius 2 is 2.08 bits per heavy atom. The van der Waals surface area contributed by atoms with Crippen molar-refractivity contribution in [2.24, 2.45) is 0 Å². The van der Waals surface area contributed by atoms with Crippen molar-refractivity contribution in [2.75, 3.05) is 0 Å². The molecule has 0 aromatic rings. The first-order chi connectivity index (χ1) is 5.57. The van der Waals surface area contributed by atoms with Crippen molar-refractivity contribution in [3.8, 4) is 0 Å². The minimum absolute atomic E-state index is 0.255. The van der Waals surface area contributed by atoms with Crippen LogP contribution in [0.4, 0.5) is 0 Å². The predicted octanol–water partition coefficient (Wildman–Crippen LogP) is 3.06. The van der Waals surface area contributed by atoms with Gasteiger partial charge >= 0.3 is 0 Å². The van der Waals surface area contributed by atoms with Crippen LogP contribution in [0.3, 0.4) is 0 Å². The normalized spacial score (nSPS) is 14.5. The molecule has 0 aliphatic heterocycles. The number of hydrogen-bond donors (Lipinski definition) is 1. The van der Waals surface area contributed by atoms with Crippen LogP contribution >= 0.6 is 0 Å². The summed E-state index contributed by atoms with van der Waals surface area (Å²) in [4.78, 5) is 0. The molecule has 12 heavy (non-hydrogen) atoms. The first-order valence-electron chi connectivity index (χ1n) is 4.57. The number of allylic oxidation sites excluding steroid dienone is 2. The van der Waals surface area contributed by atoms with Gasteiger partial charge in [-0.3, -0.25) is 0 Å². The van der Waals surface area contributed by atoms with E-state index in [4.69, 9.17) is 0 Å². The lowest BCUT2D eigenvalue weighted by molar-refractivity contribution is 0.206. The summed E-state index contributed by atoms with van der Waals surface area (Å²) in [6, 6.07) is 0. The molecular formula is C11H20O. The summed E-state index contributed by atoms with van der Waals surface area (Å²) in [5.74, 6) is 0. The van der Waals surface area contributed by atoms with Crippen molar-refractivity contribution in [3.63, 3.8) is 0 Å². The highest BCUT2D eigenvalue weighted by atomic mass is 16.3. The monoisotopic (exact) mass is 168 g/mol. The van der Waals surface area contributed by atoms with Gasteiger partial charge in [-0.2, -0.15) is 0 Å². The summed E-state index contributed by atoms with van der Waals surface area (Å²) in [7, 11) is 0. The third-order valence-corrected chi connectivity index (χ3v) is 1.95. The minimum Gasteiger partial charge on any atom is -0.389 e. The number of aliphatic hydroxyl groups excluding tert-OH is 1. The first kappa shape index (κ1) is 11.4. The molecule has 0 radical (unpaired) electrons. The standard InChI is InChI=1S/C11H20O/c1-5-11(12)10(4)8-6-7-9(2)3/h8,11-12H,2,5-7H2,1,3-4H3. The Morgan fingerprint density at radius 3 is 2.50 bits per heavy atom. The van der Waals surface area contributed by atoms with E-state index in [1.807, 2.05) is 20.8 Å². The molecule has 0 bridgehead atoms. The number of hydrogen-bond acceptors (Lipinski definition) is 1. The fourth-order valence-corrected chi connectivity index (χ4v) is 1.00. The van der Waals surface area contributed by atoms with E-state index in [2.05, 4.69) is 12.7 Å². The Hall–Kier alpha value is -0.560. The van der Waals surface area contributed by atoms with Gasteiger partial charge in [0.2, 0.25) is 0 Å². The van der Waals surface area contributed by atoms with Gasteiger partial charge in [-0.25, -0.2) is 0 Å². The second kappa shape index (κ2) is 6.01. The molecule has 0 heterocycles. The van der Waals surface area contributed by atoms with E-state index < -0.39 is 0 Å². The highest BCUT2D eigenvalue weighted by Gasteiger charge is 2.00. The summed E-state index contributed by atoms with van der Waals surface area (Å²) in [6.45, 7) is 9.82. The molecule has 1 atom stereocenters. The number of rotatable bonds is 5. The third-order valence-electron chi connectivity index (χ3n) is 1.95. The molecular weight excluding hydrogens is 148 g/mol. The smallest absolute Gasteiger partial charge is 0.0744 e. The lowest BCUT2D eigenvalue weighted by Gasteiger charge is -2.07. The molecule has 1 nitrogen and oxygen atoms in total. The van der Waals surface area contributed by atoms with E-state index >= 15 is 0 Å². The fraction of sp³-hybridized carbons (Fsp3) is 0.636. The SMILES string of the molecule is C=C(C)CCC=C(C)C(O)CC. The van der Waals surface area contributed by atoms with E-state index in [1.165, 1.54) is 5.57 Å². The van der Waals surface area contributed by atoms with Crippen LogP contribution in [0, 0.1) is 0 Å². The highest BCUT2D eigenvalue weighted by molar-refractivity contribution is 5.05. The second-order valence-electron chi connectivity index (χ2n) is 3.37. The molecule has 0 aromatic carbocycles. The van der Waals surface area contributed by atoms with Crippen molar-refractivity contribution in [3.05, 3.63) is 23.8 Å². The third kappa shape index (κ3) is 5.14. The van der Waals surface area contributed by atoms with E-state index in [0.717, 1.165) is 24.8 Å². The summed E-state index contributed by atoms with van der Waals surface area (Å²) in [6.07, 6.45) is 4.67. The van der Waals surface area contributed by atoms with Crippen LogP contribution < -0.4 is 0 Å². The molecule has 0 fully saturated rings. The van der Waals surface area contributed by atoms with Gasteiger partial charge in [-0.15, -0.1) is 6.58 Å². The van der Waals surface area contributed by atoms with Crippen LogP contribution in [-0.2, 0) is 0 Å². The van der Waals surface area contributed by atoms with Crippen molar-refractivity contribution in [2.45, 2.75) is 46.1 Å². The lowest BCUT2D eigenvalue weighted by atomic mass is 10.1. The predicted molar refractivity (Wildman–Crippen MR) is 54.1 cm³/mol. The molecule has 0 aliphatic carbocycles. The Balaban J connectivity index is 3.76. The van der Waals surface area contributed by atoms with Crippen molar-refractivity contribution < 1.29 is 5.11 Å². The minimum atomic E-state index is -0.255. The van der Waals surface area contributed by atoms with Crippen LogP contribution in [0.1, 0.15) is 40.0 Å². The van der Waals surface area contributed by atoms with E-state index in [0.29, 0.717) is 0 Å². The zero-order chi connectivity index (χ0) is 9.56. The molecule has 0 amide bonds. The van der Waals surface area contributed by atoms with Crippen LogP contribution in [0.5, 0.6) is 0 Å². The molecule has 0 rings (SSSR count). The molecule has 0 aliphatic rings. The summed E-state index contributed by atoms with van der Waals surface area (Å²) >= 11 is 0. The first-order valence-corrected chi connectivity index (χ1v) is 4.57. The van der Waals surface area contributed by atoms with Gasteiger partial charge in [0.25, 0.3) is 0 Å². The van der Waals surface area contributed by atoms with Gasteiger partial charge < -0.3 is 5.11 Å². The molecule has 70 valence electrons. The van der Waals surface area contributed by atoms with Gasteiger partial charge in [0, 0.05) is 0 Å². The van der Waals surface area contributed by atoms with Gasteiger partial charge in [-0.1, -0.05) is 18.6 Å². The largest absolute Gasteiger partial charge is 0.389 e. The van der Waals surface area contributed by atoms with E-state index in [9.17, 15) is 5.11 Å². The van der Waals surface area contributed by atoms with E-state index in [-0.39, 0.29) is 6.10 Å². The maximum atomic E-state index is 9.40. The van der Waals surface area contributed by atoms with Crippen molar-refractivity contribution in [1.29, 1.82) is 0 Å².